The Bertz CT molecular complexity index is 1690. The highest BCUT2D eigenvalue weighted by molar-refractivity contribution is 9.10. The standard InChI is InChI=1S/C42H43BrO6/c1-30-24-35(43)22-23-36(30)38(44)40-42(48-28-34-20-12-5-13-21-34)41(47-27-33-18-10-4-11-19-33)39(46-26-32-16-8-3-9-17-32)37(49-40)29-45-25-31-14-6-2-7-15-31/h2-24,37-42,44H,25-29H2,1H3/t37-,38?,39-,40-,41+,42-/m1/s1. The zero-order chi connectivity index (χ0) is 33.8. The van der Waals surface area contributed by atoms with Gasteiger partial charge in [0.1, 0.15) is 36.6 Å². The molecule has 0 aliphatic carbocycles. The molecule has 6 atom stereocenters. The summed E-state index contributed by atoms with van der Waals surface area (Å²) in [6.45, 7) is 3.62. The zero-order valence-corrected chi connectivity index (χ0v) is 29.2. The van der Waals surface area contributed by atoms with Crippen molar-refractivity contribution in [3.63, 3.8) is 0 Å². The summed E-state index contributed by atoms with van der Waals surface area (Å²) in [7, 11) is 0. The summed E-state index contributed by atoms with van der Waals surface area (Å²) >= 11 is 3.57. The second-order valence-electron chi connectivity index (χ2n) is 12.4. The van der Waals surface area contributed by atoms with Crippen molar-refractivity contribution in [3.8, 4) is 0 Å². The van der Waals surface area contributed by atoms with Gasteiger partial charge >= 0.3 is 0 Å². The molecule has 6 nitrogen and oxygen atoms in total. The van der Waals surface area contributed by atoms with Crippen LogP contribution in [-0.2, 0) is 50.1 Å². The molecule has 7 heteroatoms. The fraction of sp³-hybridized carbons (Fsp3) is 0.286. The number of halogens is 1. The number of aliphatic hydroxyl groups is 1. The summed E-state index contributed by atoms with van der Waals surface area (Å²) in [4.78, 5) is 0. The molecular weight excluding hydrogens is 680 g/mol. The molecule has 0 amide bonds. The topological polar surface area (TPSA) is 66.4 Å². The SMILES string of the molecule is Cc1cc(Br)ccc1C(O)[C@H]1O[C@H](COCc2ccccc2)[C@@H](OCc2ccccc2)[C@H](OCc2ccccc2)[C@@H]1OCc1ccccc1. The van der Waals surface area contributed by atoms with Gasteiger partial charge in [0, 0.05) is 4.47 Å². The molecule has 0 saturated carbocycles. The number of aliphatic hydroxyl groups excluding tert-OH is 1. The van der Waals surface area contributed by atoms with Gasteiger partial charge in [-0.15, -0.1) is 0 Å². The fourth-order valence-electron chi connectivity index (χ4n) is 6.23. The molecule has 1 aliphatic heterocycles. The number of benzene rings is 5. The van der Waals surface area contributed by atoms with Crippen LogP contribution < -0.4 is 0 Å². The van der Waals surface area contributed by atoms with Crippen LogP contribution in [0.1, 0.15) is 39.5 Å². The van der Waals surface area contributed by atoms with Gasteiger partial charge in [0.25, 0.3) is 0 Å². The Kier molecular flexibility index (Phi) is 12.8. The lowest BCUT2D eigenvalue weighted by Gasteiger charge is -2.47. The predicted octanol–water partition coefficient (Wildman–Crippen LogP) is 8.53. The van der Waals surface area contributed by atoms with Gasteiger partial charge in [0.2, 0.25) is 0 Å². The van der Waals surface area contributed by atoms with E-state index in [0.717, 1.165) is 37.9 Å². The third kappa shape index (κ3) is 9.74. The maximum absolute atomic E-state index is 12.1. The van der Waals surface area contributed by atoms with Crippen LogP contribution in [0.3, 0.4) is 0 Å². The van der Waals surface area contributed by atoms with Crippen LogP contribution in [0, 0.1) is 6.92 Å². The molecule has 49 heavy (non-hydrogen) atoms. The Morgan fingerprint density at radius 2 is 1.04 bits per heavy atom. The molecule has 1 fully saturated rings. The summed E-state index contributed by atoms with van der Waals surface area (Å²) in [6.07, 6.45) is -4.24. The van der Waals surface area contributed by atoms with Crippen molar-refractivity contribution in [2.45, 2.75) is 70.0 Å². The average molecular weight is 724 g/mol. The van der Waals surface area contributed by atoms with Crippen LogP contribution in [0.5, 0.6) is 0 Å². The first-order valence-electron chi connectivity index (χ1n) is 16.7. The van der Waals surface area contributed by atoms with Crippen molar-refractivity contribution in [2.24, 2.45) is 0 Å². The predicted molar refractivity (Wildman–Crippen MR) is 194 cm³/mol. The van der Waals surface area contributed by atoms with Gasteiger partial charge in [-0.05, 0) is 52.4 Å². The summed E-state index contributed by atoms with van der Waals surface area (Å²) in [5.41, 5.74) is 5.82. The van der Waals surface area contributed by atoms with Crippen LogP contribution >= 0.6 is 15.9 Å². The first-order chi connectivity index (χ1) is 24.0. The van der Waals surface area contributed by atoms with Gasteiger partial charge in [-0.1, -0.05) is 143 Å². The van der Waals surface area contributed by atoms with E-state index in [2.05, 4.69) is 15.9 Å². The third-order valence-electron chi connectivity index (χ3n) is 8.78. The van der Waals surface area contributed by atoms with Crippen LogP contribution in [0.15, 0.2) is 144 Å². The van der Waals surface area contributed by atoms with Crippen molar-refractivity contribution in [2.75, 3.05) is 6.61 Å². The quantitative estimate of drug-likeness (QED) is 0.117. The molecule has 1 unspecified atom stereocenters. The van der Waals surface area contributed by atoms with Crippen LogP contribution in [0.2, 0.25) is 0 Å². The van der Waals surface area contributed by atoms with E-state index in [0.29, 0.717) is 26.4 Å². The maximum atomic E-state index is 12.1. The summed E-state index contributed by atoms with van der Waals surface area (Å²) in [6, 6.07) is 46.0. The van der Waals surface area contributed by atoms with Gasteiger partial charge < -0.3 is 28.8 Å². The maximum Gasteiger partial charge on any atom is 0.117 e. The van der Waals surface area contributed by atoms with E-state index in [1.165, 1.54) is 0 Å². The van der Waals surface area contributed by atoms with E-state index >= 15 is 0 Å². The van der Waals surface area contributed by atoms with Crippen molar-refractivity contribution < 1.29 is 28.8 Å². The van der Waals surface area contributed by atoms with E-state index in [1.807, 2.05) is 146 Å². The fourth-order valence-corrected chi connectivity index (χ4v) is 6.70. The van der Waals surface area contributed by atoms with Gasteiger partial charge in [-0.3, -0.25) is 0 Å². The number of ether oxygens (including phenoxy) is 5. The van der Waals surface area contributed by atoms with E-state index in [9.17, 15) is 5.11 Å². The van der Waals surface area contributed by atoms with E-state index in [-0.39, 0.29) is 6.61 Å². The normalized spacial score (nSPS) is 21.3. The largest absolute Gasteiger partial charge is 0.386 e. The highest BCUT2D eigenvalue weighted by atomic mass is 79.9. The Balaban J connectivity index is 1.36. The molecule has 5 aromatic carbocycles. The number of aryl methyl sites for hydroxylation is 1. The van der Waals surface area contributed by atoms with Gasteiger partial charge in [-0.25, -0.2) is 0 Å². The molecule has 5 aromatic rings. The Labute approximate surface area is 297 Å². The number of hydrogen-bond donors (Lipinski definition) is 1. The lowest BCUT2D eigenvalue weighted by molar-refractivity contribution is -0.287. The summed E-state index contributed by atoms with van der Waals surface area (Å²) < 4.78 is 34.5. The van der Waals surface area contributed by atoms with Gasteiger partial charge in [-0.2, -0.15) is 0 Å². The van der Waals surface area contributed by atoms with Crippen molar-refractivity contribution in [1.29, 1.82) is 0 Å². The Hall–Kier alpha value is -3.66. The van der Waals surface area contributed by atoms with Gasteiger partial charge in [0.15, 0.2) is 0 Å². The highest BCUT2D eigenvalue weighted by Crippen LogP contribution is 2.37. The minimum atomic E-state index is -1.01. The lowest BCUT2D eigenvalue weighted by Crippen LogP contribution is -2.62. The molecule has 1 saturated heterocycles. The van der Waals surface area contributed by atoms with Gasteiger partial charge in [0.05, 0.1) is 33.0 Å². The smallest absolute Gasteiger partial charge is 0.117 e. The van der Waals surface area contributed by atoms with Crippen molar-refractivity contribution >= 4 is 15.9 Å². The molecule has 0 radical (unpaired) electrons. The molecule has 1 N–H and O–H groups in total. The minimum Gasteiger partial charge on any atom is -0.386 e. The molecule has 254 valence electrons. The molecule has 0 spiro atoms. The van der Waals surface area contributed by atoms with Crippen LogP contribution in [0.4, 0.5) is 0 Å². The number of rotatable bonds is 15. The minimum absolute atomic E-state index is 0.230. The molecule has 0 aromatic heterocycles. The third-order valence-corrected chi connectivity index (χ3v) is 9.27. The Morgan fingerprint density at radius 3 is 1.53 bits per heavy atom. The first kappa shape index (κ1) is 35.2. The average Bonchev–Trinajstić information content (AvgIpc) is 3.14. The first-order valence-corrected chi connectivity index (χ1v) is 17.5. The van der Waals surface area contributed by atoms with E-state index in [4.69, 9.17) is 23.7 Å². The zero-order valence-electron chi connectivity index (χ0n) is 27.6. The second-order valence-corrected chi connectivity index (χ2v) is 13.3. The lowest BCUT2D eigenvalue weighted by atomic mass is 9.88. The monoisotopic (exact) mass is 722 g/mol. The summed E-state index contributed by atoms with van der Waals surface area (Å²) in [5.74, 6) is 0. The van der Waals surface area contributed by atoms with E-state index in [1.54, 1.807) is 0 Å². The second kappa shape index (κ2) is 17.8. The molecule has 1 heterocycles. The van der Waals surface area contributed by atoms with E-state index < -0.39 is 36.6 Å². The molecular formula is C42H43BrO6. The molecule has 0 bridgehead atoms. The molecule has 1 aliphatic rings. The highest BCUT2D eigenvalue weighted by Gasteiger charge is 2.51. The van der Waals surface area contributed by atoms with Crippen molar-refractivity contribution in [1.82, 2.24) is 0 Å². The number of hydrogen-bond acceptors (Lipinski definition) is 6. The van der Waals surface area contributed by atoms with Crippen LogP contribution in [0.25, 0.3) is 0 Å². The Morgan fingerprint density at radius 1 is 0.592 bits per heavy atom. The summed E-state index contributed by atoms with van der Waals surface area (Å²) in [5, 5.41) is 12.1. The molecule has 6 rings (SSSR count). The van der Waals surface area contributed by atoms with Crippen LogP contribution in [-0.4, -0.2) is 42.2 Å². The van der Waals surface area contributed by atoms with Crippen molar-refractivity contribution in [3.05, 3.63) is 177 Å².